The molecule has 0 radical (unpaired) electrons. The number of benzene rings is 1. The Morgan fingerprint density at radius 2 is 1.95 bits per heavy atom. The fourth-order valence-electron chi connectivity index (χ4n) is 1.94. The van der Waals surface area contributed by atoms with Gasteiger partial charge in [-0.1, -0.05) is 19.1 Å². The maximum atomic E-state index is 12.4. The van der Waals surface area contributed by atoms with Gasteiger partial charge in [0.1, 0.15) is 0 Å². The number of aryl methyl sites for hydroxylation is 1. The standard InChI is InChI=1S/C14H25N3O2S/c1-5-13-7-6-12(11-15-2)10-14(13)20(18,19)16-8-9-17(3)4/h6-7,10,15-16H,5,8-9,11H2,1-4H3. The minimum atomic E-state index is -3.44. The molecule has 0 spiro atoms. The van der Waals surface area contributed by atoms with E-state index in [9.17, 15) is 8.42 Å². The molecule has 0 fully saturated rings. The van der Waals surface area contributed by atoms with Crippen molar-refractivity contribution in [1.29, 1.82) is 0 Å². The number of likely N-dealkylation sites (N-methyl/N-ethyl adjacent to an activating group) is 1. The molecule has 0 aromatic heterocycles. The summed E-state index contributed by atoms with van der Waals surface area (Å²) in [5, 5.41) is 3.04. The Balaban J connectivity index is 2.99. The molecule has 1 aromatic carbocycles. The van der Waals surface area contributed by atoms with Gasteiger partial charge in [-0.3, -0.25) is 0 Å². The van der Waals surface area contributed by atoms with Gasteiger partial charge in [-0.05, 0) is 44.8 Å². The molecule has 114 valence electrons. The Kier molecular flexibility index (Phi) is 6.61. The summed E-state index contributed by atoms with van der Waals surface area (Å²) < 4.78 is 27.5. The highest BCUT2D eigenvalue weighted by Crippen LogP contribution is 2.18. The lowest BCUT2D eigenvalue weighted by molar-refractivity contribution is 0.412. The van der Waals surface area contributed by atoms with E-state index in [2.05, 4.69) is 10.0 Å². The van der Waals surface area contributed by atoms with E-state index in [0.29, 0.717) is 31.0 Å². The molecule has 0 atom stereocenters. The van der Waals surface area contributed by atoms with E-state index in [1.807, 2.05) is 45.1 Å². The van der Waals surface area contributed by atoms with E-state index in [4.69, 9.17) is 0 Å². The first-order chi connectivity index (χ1) is 9.40. The second kappa shape index (κ2) is 7.73. The van der Waals surface area contributed by atoms with Gasteiger partial charge in [0.25, 0.3) is 0 Å². The Bertz CT molecular complexity index is 527. The minimum Gasteiger partial charge on any atom is -0.316 e. The number of nitrogens with zero attached hydrogens (tertiary/aromatic N) is 1. The van der Waals surface area contributed by atoms with Crippen LogP contribution in [0.2, 0.25) is 0 Å². The van der Waals surface area contributed by atoms with Gasteiger partial charge < -0.3 is 10.2 Å². The first-order valence-corrected chi connectivity index (χ1v) is 8.29. The number of nitrogens with one attached hydrogen (secondary N) is 2. The second-order valence-corrected chi connectivity index (χ2v) is 6.76. The fraction of sp³-hybridized carbons (Fsp3) is 0.571. The Morgan fingerprint density at radius 1 is 1.25 bits per heavy atom. The zero-order chi connectivity index (χ0) is 15.2. The summed E-state index contributed by atoms with van der Waals surface area (Å²) >= 11 is 0. The largest absolute Gasteiger partial charge is 0.316 e. The molecule has 0 saturated heterocycles. The van der Waals surface area contributed by atoms with Crippen molar-refractivity contribution in [1.82, 2.24) is 14.9 Å². The summed E-state index contributed by atoms with van der Waals surface area (Å²) in [7, 11) is 2.23. The lowest BCUT2D eigenvalue weighted by Gasteiger charge is -2.14. The van der Waals surface area contributed by atoms with Crippen LogP contribution in [0, 0.1) is 0 Å². The van der Waals surface area contributed by atoms with Gasteiger partial charge in [0.05, 0.1) is 4.90 Å². The Hall–Kier alpha value is -0.950. The number of hydrogen-bond donors (Lipinski definition) is 2. The lowest BCUT2D eigenvalue weighted by Crippen LogP contribution is -2.32. The van der Waals surface area contributed by atoms with Gasteiger partial charge in [-0.15, -0.1) is 0 Å². The van der Waals surface area contributed by atoms with Gasteiger partial charge in [-0.25, -0.2) is 13.1 Å². The van der Waals surface area contributed by atoms with Crippen molar-refractivity contribution in [3.8, 4) is 0 Å². The van der Waals surface area contributed by atoms with E-state index in [1.54, 1.807) is 6.07 Å². The number of rotatable bonds is 8. The third kappa shape index (κ3) is 4.86. The monoisotopic (exact) mass is 299 g/mol. The summed E-state index contributed by atoms with van der Waals surface area (Å²) in [5.41, 5.74) is 1.82. The van der Waals surface area contributed by atoms with E-state index in [-0.39, 0.29) is 0 Å². The van der Waals surface area contributed by atoms with E-state index in [1.165, 1.54) is 0 Å². The molecule has 1 rings (SSSR count). The molecular formula is C14H25N3O2S. The SMILES string of the molecule is CCc1ccc(CNC)cc1S(=O)(=O)NCCN(C)C. The first kappa shape index (κ1) is 17.1. The van der Waals surface area contributed by atoms with Crippen LogP contribution in [0.3, 0.4) is 0 Å². The van der Waals surface area contributed by atoms with Crippen molar-refractivity contribution in [2.75, 3.05) is 34.2 Å². The van der Waals surface area contributed by atoms with Crippen molar-refractivity contribution in [2.24, 2.45) is 0 Å². The molecule has 0 aliphatic rings. The van der Waals surface area contributed by atoms with Crippen molar-refractivity contribution >= 4 is 10.0 Å². The highest BCUT2D eigenvalue weighted by Gasteiger charge is 2.17. The Morgan fingerprint density at radius 3 is 2.50 bits per heavy atom. The Labute approximate surface area is 122 Å². The summed E-state index contributed by atoms with van der Waals surface area (Å²) in [6.07, 6.45) is 0.698. The predicted molar refractivity (Wildman–Crippen MR) is 82.3 cm³/mol. The van der Waals surface area contributed by atoms with Gasteiger partial charge in [0, 0.05) is 19.6 Å². The topological polar surface area (TPSA) is 61.4 Å². The molecule has 0 heterocycles. The smallest absolute Gasteiger partial charge is 0.240 e. The molecule has 0 bridgehead atoms. The maximum absolute atomic E-state index is 12.4. The predicted octanol–water partition coefficient (Wildman–Crippen LogP) is 0.808. The van der Waals surface area contributed by atoms with Gasteiger partial charge in [-0.2, -0.15) is 0 Å². The minimum absolute atomic E-state index is 0.395. The normalized spacial score (nSPS) is 12.1. The first-order valence-electron chi connectivity index (χ1n) is 6.81. The average Bonchev–Trinajstić information content (AvgIpc) is 2.38. The average molecular weight is 299 g/mol. The molecular weight excluding hydrogens is 274 g/mol. The van der Waals surface area contributed by atoms with Crippen LogP contribution in [0.25, 0.3) is 0 Å². The van der Waals surface area contributed by atoms with E-state index in [0.717, 1.165) is 11.1 Å². The van der Waals surface area contributed by atoms with Crippen molar-refractivity contribution in [3.05, 3.63) is 29.3 Å². The van der Waals surface area contributed by atoms with Crippen molar-refractivity contribution in [3.63, 3.8) is 0 Å². The van der Waals surface area contributed by atoms with Crippen LogP contribution in [0.1, 0.15) is 18.1 Å². The van der Waals surface area contributed by atoms with Crippen LogP contribution in [-0.2, 0) is 23.0 Å². The number of hydrogen-bond acceptors (Lipinski definition) is 4. The van der Waals surface area contributed by atoms with Gasteiger partial charge in [0.2, 0.25) is 10.0 Å². The molecule has 0 amide bonds. The third-order valence-electron chi connectivity index (χ3n) is 3.03. The molecule has 0 saturated carbocycles. The van der Waals surface area contributed by atoms with Crippen molar-refractivity contribution in [2.45, 2.75) is 24.8 Å². The van der Waals surface area contributed by atoms with Crippen LogP contribution in [0.15, 0.2) is 23.1 Å². The van der Waals surface area contributed by atoms with Crippen LogP contribution in [0.5, 0.6) is 0 Å². The highest BCUT2D eigenvalue weighted by molar-refractivity contribution is 7.89. The molecule has 0 aliphatic carbocycles. The third-order valence-corrected chi connectivity index (χ3v) is 4.58. The number of sulfonamides is 1. The molecule has 0 aliphatic heterocycles. The van der Waals surface area contributed by atoms with Crippen LogP contribution in [0.4, 0.5) is 0 Å². The quantitative estimate of drug-likeness (QED) is 0.746. The molecule has 6 heteroatoms. The van der Waals surface area contributed by atoms with E-state index < -0.39 is 10.0 Å². The van der Waals surface area contributed by atoms with E-state index >= 15 is 0 Å². The summed E-state index contributed by atoms with van der Waals surface area (Å²) in [5.74, 6) is 0. The lowest BCUT2D eigenvalue weighted by atomic mass is 10.1. The van der Waals surface area contributed by atoms with Crippen LogP contribution >= 0.6 is 0 Å². The van der Waals surface area contributed by atoms with Gasteiger partial charge >= 0.3 is 0 Å². The van der Waals surface area contributed by atoms with Crippen molar-refractivity contribution < 1.29 is 8.42 Å². The molecule has 2 N–H and O–H groups in total. The molecule has 0 unspecified atom stereocenters. The maximum Gasteiger partial charge on any atom is 0.240 e. The van der Waals surface area contributed by atoms with Gasteiger partial charge in [0.15, 0.2) is 0 Å². The zero-order valence-corrected chi connectivity index (χ0v) is 13.5. The summed E-state index contributed by atoms with van der Waals surface area (Å²) in [6.45, 7) is 3.71. The molecule has 20 heavy (non-hydrogen) atoms. The molecule has 5 nitrogen and oxygen atoms in total. The molecule has 1 aromatic rings. The second-order valence-electron chi connectivity index (χ2n) is 5.03. The summed E-state index contributed by atoms with van der Waals surface area (Å²) in [6, 6.07) is 5.62. The highest BCUT2D eigenvalue weighted by atomic mass is 32.2. The van der Waals surface area contributed by atoms with Crippen LogP contribution < -0.4 is 10.0 Å². The summed E-state index contributed by atoms with van der Waals surface area (Å²) in [4.78, 5) is 2.34. The van der Waals surface area contributed by atoms with Crippen LogP contribution in [-0.4, -0.2) is 47.6 Å². The zero-order valence-electron chi connectivity index (χ0n) is 12.7. The fourth-order valence-corrected chi connectivity index (χ4v) is 3.32.